The van der Waals surface area contributed by atoms with E-state index in [0.717, 1.165) is 22.4 Å². The van der Waals surface area contributed by atoms with Crippen molar-refractivity contribution in [2.45, 2.75) is 27.7 Å². The Labute approximate surface area is 167 Å². The summed E-state index contributed by atoms with van der Waals surface area (Å²) in [7, 11) is 0. The van der Waals surface area contributed by atoms with Gasteiger partial charge in [-0.3, -0.25) is 0 Å². The first kappa shape index (κ1) is 19.3. The second kappa shape index (κ2) is 7.66. The third-order valence-corrected chi connectivity index (χ3v) is 5.25. The molecular formula is C26H25NO. The summed E-state index contributed by atoms with van der Waals surface area (Å²) in [5, 5.41) is 12.4. The molecule has 28 heavy (non-hydrogen) atoms. The molecule has 0 aliphatic heterocycles. The minimum absolute atomic E-state index is 0.0507. The van der Waals surface area contributed by atoms with Gasteiger partial charge in [0.1, 0.15) is 0 Å². The summed E-state index contributed by atoms with van der Waals surface area (Å²) in [6.07, 6.45) is 5.50. The molecule has 0 saturated heterocycles. The highest BCUT2D eigenvalue weighted by Crippen LogP contribution is 2.35. The number of rotatable bonds is 4. The number of hydrogen-bond donors (Lipinski definition) is 2. The highest BCUT2D eigenvalue weighted by molar-refractivity contribution is 5.79. The first-order valence-electron chi connectivity index (χ1n) is 9.25. The van der Waals surface area contributed by atoms with Gasteiger partial charge in [-0.05, 0) is 97.0 Å². The maximum absolute atomic E-state index is 9.48. The van der Waals surface area contributed by atoms with Crippen LogP contribution in [0.2, 0.25) is 0 Å². The van der Waals surface area contributed by atoms with E-state index in [4.69, 9.17) is 6.42 Å². The molecule has 0 spiro atoms. The Hall–Kier alpha value is -3.44. The van der Waals surface area contributed by atoms with Crippen LogP contribution in [0.4, 0.5) is 5.69 Å². The molecule has 0 amide bonds. The van der Waals surface area contributed by atoms with Gasteiger partial charge in [0.25, 0.3) is 0 Å². The third kappa shape index (κ3) is 3.66. The third-order valence-electron chi connectivity index (χ3n) is 5.25. The molecule has 2 heteroatoms. The predicted octanol–water partition coefficient (Wildman–Crippen LogP) is 6.68. The Morgan fingerprint density at radius 2 is 1.54 bits per heavy atom. The fourth-order valence-corrected chi connectivity index (χ4v) is 3.71. The van der Waals surface area contributed by atoms with Crippen molar-refractivity contribution >= 4 is 5.69 Å². The summed E-state index contributed by atoms with van der Waals surface area (Å²) in [6.45, 7) is 11.9. The molecule has 2 nitrogen and oxygen atoms in total. The van der Waals surface area contributed by atoms with Gasteiger partial charge in [0, 0.05) is 11.3 Å². The second-order valence-corrected chi connectivity index (χ2v) is 7.19. The minimum atomic E-state index is -0.0507. The molecule has 0 atom stereocenters. The molecule has 0 unspecified atom stereocenters. The van der Waals surface area contributed by atoms with E-state index in [1.807, 2.05) is 19.1 Å². The summed E-state index contributed by atoms with van der Waals surface area (Å²) in [6, 6.07) is 16.8. The lowest BCUT2D eigenvalue weighted by molar-refractivity contribution is 0.422. The number of anilines is 1. The van der Waals surface area contributed by atoms with Crippen LogP contribution in [-0.4, -0.2) is 5.11 Å². The summed E-state index contributed by atoms with van der Waals surface area (Å²) < 4.78 is 0. The van der Waals surface area contributed by atoms with E-state index < -0.39 is 0 Å². The van der Waals surface area contributed by atoms with Crippen molar-refractivity contribution in [2.24, 2.45) is 0 Å². The number of benzene rings is 3. The Morgan fingerprint density at radius 3 is 2.11 bits per heavy atom. The number of terminal acetylenes is 1. The van der Waals surface area contributed by atoms with Crippen molar-refractivity contribution in [3.05, 3.63) is 88.8 Å². The van der Waals surface area contributed by atoms with Crippen LogP contribution in [0.1, 0.15) is 27.8 Å². The van der Waals surface area contributed by atoms with Gasteiger partial charge in [0.2, 0.25) is 0 Å². The number of aryl methyl sites for hydroxylation is 2. The molecule has 0 heterocycles. The standard InChI is InChI=1S/C26H25NO/c1-7-21-8-13-24(16(2)14-21)22-9-11-23(12-10-22)26-17(3)15-25(27-20(6)28)18(4)19(26)5/h1,8-15,27-28H,6H2,2-5H3. The average Bonchev–Trinajstić information content (AvgIpc) is 2.66. The summed E-state index contributed by atoms with van der Waals surface area (Å²) >= 11 is 0. The zero-order valence-corrected chi connectivity index (χ0v) is 16.9. The molecule has 3 aromatic rings. The van der Waals surface area contributed by atoms with Crippen molar-refractivity contribution in [3.8, 4) is 34.6 Å². The van der Waals surface area contributed by atoms with Gasteiger partial charge in [-0.25, -0.2) is 0 Å². The predicted molar refractivity (Wildman–Crippen MR) is 120 cm³/mol. The molecule has 0 fully saturated rings. The molecule has 0 saturated carbocycles. The smallest absolute Gasteiger partial charge is 0.181 e. The Morgan fingerprint density at radius 1 is 0.893 bits per heavy atom. The maximum Gasteiger partial charge on any atom is 0.181 e. The zero-order valence-electron chi connectivity index (χ0n) is 16.9. The quantitative estimate of drug-likeness (QED) is 0.398. The van der Waals surface area contributed by atoms with Gasteiger partial charge >= 0.3 is 0 Å². The molecule has 3 rings (SSSR count). The minimum Gasteiger partial charge on any atom is -0.495 e. The highest BCUT2D eigenvalue weighted by Gasteiger charge is 2.13. The van der Waals surface area contributed by atoms with E-state index in [2.05, 4.69) is 75.0 Å². The molecule has 0 bridgehead atoms. The normalized spacial score (nSPS) is 10.4. The van der Waals surface area contributed by atoms with E-state index in [0.29, 0.717) is 0 Å². The van der Waals surface area contributed by atoms with Crippen LogP contribution in [-0.2, 0) is 0 Å². The fraction of sp³-hybridized carbons (Fsp3) is 0.154. The first-order chi connectivity index (χ1) is 13.3. The van der Waals surface area contributed by atoms with Gasteiger partial charge in [0.15, 0.2) is 5.88 Å². The molecule has 2 N–H and O–H groups in total. The van der Waals surface area contributed by atoms with Gasteiger partial charge < -0.3 is 10.4 Å². The van der Waals surface area contributed by atoms with E-state index in [1.165, 1.54) is 33.4 Å². The molecule has 0 aliphatic carbocycles. The zero-order chi connectivity index (χ0) is 20.4. The number of aliphatic hydroxyl groups is 1. The van der Waals surface area contributed by atoms with Crippen LogP contribution < -0.4 is 5.32 Å². The average molecular weight is 367 g/mol. The van der Waals surface area contributed by atoms with Crippen LogP contribution in [0.3, 0.4) is 0 Å². The van der Waals surface area contributed by atoms with E-state index in [-0.39, 0.29) is 5.88 Å². The van der Waals surface area contributed by atoms with E-state index >= 15 is 0 Å². The van der Waals surface area contributed by atoms with E-state index in [9.17, 15) is 5.11 Å². The largest absolute Gasteiger partial charge is 0.495 e. The molecule has 0 radical (unpaired) electrons. The van der Waals surface area contributed by atoms with Crippen LogP contribution >= 0.6 is 0 Å². The van der Waals surface area contributed by atoms with Crippen LogP contribution in [0.25, 0.3) is 22.3 Å². The first-order valence-corrected chi connectivity index (χ1v) is 9.25. The highest BCUT2D eigenvalue weighted by atomic mass is 16.3. The molecule has 0 aliphatic rings. The number of hydrogen-bond acceptors (Lipinski definition) is 2. The van der Waals surface area contributed by atoms with E-state index in [1.54, 1.807) is 0 Å². The van der Waals surface area contributed by atoms with Gasteiger partial charge in [-0.2, -0.15) is 0 Å². The monoisotopic (exact) mass is 367 g/mol. The topological polar surface area (TPSA) is 32.3 Å². The lowest BCUT2D eigenvalue weighted by Crippen LogP contribution is -2.02. The Bertz CT molecular complexity index is 1100. The lowest BCUT2D eigenvalue weighted by atomic mass is 9.90. The molecule has 0 aromatic heterocycles. The molecule has 140 valence electrons. The maximum atomic E-state index is 9.48. The number of aliphatic hydroxyl groups excluding tert-OH is 1. The van der Waals surface area contributed by atoms with Crippen molar-refractivity contribution in [1.29, 1.82) is 0 Å². The second-order valence-electron chi connectivity index (χ2n) is 7.19. The van der Waals surface area contributed by atoms with Crippen LogP contribution in [0, 0.1) is 40.0 Å². The Balaban J connectivity index is 2.02. The van der Waals surface area contributed by atoms with Gasteiger partial charge in [-0.1, -0.05) is 36.3 Å². The number of nitrogens with one attached hydrogen (secondary N) is 1. The van der Waals surface area contributed by atoms with Gasteiger partial charge in [0.05, 0.1) is 0 Å². The SMILES string of the molecule is C#Cc1ccc(-c2ccc(-c3c(C)cc(NC(=C)O)c(C)c3C)cc2)c(C)c1. The van der Waals surface area contributed by atoms with Crippen LogP contribution in [0.5, 0.6) is 0 Å². The summed E-state index contributed by atoms with van der Waals surface area (Å²) in [4.78, 5) is 0. The molecular weight excluding hydrogens is 342 g/mol. The summed E-state index contributed by atoms with van der Waals surface area (Å²) in [5.41, 5.74) is 11.1. The van der Waals surface area contributed by atoms with Crippen molar-refractivity contribution in [2.75, 3.05) is 5.32 Å². The lowest BCUT2D eigenvalue weighted by Gasteiger charge is -2.18. The Kier molecular flexibility index (Phi) is 5.29. The summed E-state index contributed by atoms with van der Waals surface area (Å²) in [5.74, 6) is 2.63. The van der Waals surface area contributed by atoms with Crippen molar-refractivity contribution < 1.29 is 5.11 Å². The molecule has 3 aromatic carbocycles. The van der Waals surface area contributed by atoms with Crippen molar-refractivity contribution in [3.63, 3.8) is 0 Å². The van der Waals surface area contributed by atoms with Gasteiger partial charge in [-0.15, -0.1) is 6.42 Å². The van der Waals surface area contributed by atoms with Crippen molar-refractivity contribution in [1.82, 2.24) is 0 Å². The van der Waals surface area contributed by atoms with Crippen LogP contribution in [0.15, 0.2) is 61.0 Å². The fourth-order valence-electron chi connectivity index (χ4n) is 3.71.